The summed E-state index contributed by atoms with van der Waals surface area (Å²) in [5.74, 6) is 2.25. The fraction of sp³-hybridized carbons (Fsp3) is 0.500. The van der Waals surface area contributed by atoms with Gasteiger partial charge in [0.05, 0.1) is 13.3 Å². The molecule has 1 aromatic heterocycles. The standard InChI is InChI=1S/C10H15ClN2O/c1-8(6-11)13(2)10-5-4-9(14-3)7-12-10/h4-5,7-8H,6H2,1-3H3. The molecule has 0 bridgehead atoms. The Balaban J connectivity index is 2.75. The molecule has 0 radical (unpaired) electrons. The number of pyridine rings is 1. The molecule has 0 aliphatic carbocycles. The molecule has 0 aromatic carbocycles. The van der Waals surface area contributed by atoms with Crippen LogP contribution >= 0.6 is 11.6 Å². The average molecular weight is 215 g/mol. The van der Waals surface area contributed by atoms with Crippen molar-refractivity contribution in [1.29, 1.82) is 0 Å². The van der Waals surface area contributed by atoms with Crippen molar-refractivity contribution in [1.82, 2.24) is 4.98 Å². The minimum Gasteiger partial charge on any atom is -0.495 e. The summed E-state index contributed by atoms with van der Waals surface area (Å²) < 4.78 is 5.03. The van der Waals surface area contributed by atoms with E-state index >= 15 is 0 Å². The van der Waals surface area contributed by atoms with Gasteiger partial charge in [0.1, 0.15) is 11.6 Å². The van der Waals surface area contributed by atoms with E-state index in [-0.39, 0.29) is 6.04 Å². The van der Waals surface area contributed by atoms with Gasteiger partial charge in [-0.15, -0.1) is 11.6 Å². The van der Waals surface area contributed by atoms with Crippen LogP contribution in [0.3, 0.4) is 0 Å². The molecule has 1 heterocycles. The first kappa shape index (κ1) is 11.1. The van der Waals surface area contributed by atoms with Gasteiger partial charge in [-0.05, 0) is 19.1 Å². The SMILES string of the molecule is COc1ccc(N(C)C(C)CCl)nc1. The molecule has 0 aliphatic rings. The lowest BCUT2D eigenvalue weighted by molar-refractivity contribution is 0.413. The number of halogens is 1. The fourth-order valence-electron chi connectivity index (χ4n) is 1.03. The van der Waals surface area contributed by atoms with Crippen LogP contribution in [0, 0.1) is 0 Å². The number of nitrogens with zero attached hydrogens (tertiary/aromatic N) is 2. The molecule has 0 saturated carbocycles. The first-order valence-electron chi connectivity index (χ1n) is 4.48. The second-order valence-electron chi connectivity index (χ2n) is 3.17. The molecule has 1 aromatic rings. The Morgan fingerprint density at radius 1 is 1.57 bits per heavy atom. The molecule has 1 rings (SSSR count). The number of rotatable bonds is 4. The highest BCUT2D eigenvalue weighted by Gasteiger charge is 2.09. The number of hydrogen-bond donors (Lipinski definition) is 0. The maximum absolute atomic E-state index is 5.76. The summed E-state index contributed by atoms with van der Waals surface area (Å²) in [5.41, 5.74) is 0. The Bertz CT molecular complexity index is 276. The van der Waals surface area contributed by atoms with E-state index in [0.29, 0.717) is 5.88 Å². The van der Waals surface area contributed by atoms with E-state index in [1.807, 2.05) is 24.1 Å². The van der Waals surface area contributed by atoms with Crippen LogP contribution in [0.15, 0.2) is 18.3 Å². The van der Waals surface area contributed by atoms with Crippen LogP contribution < -0.4 is 9.64 Å². The van der Waals surface area contributed by atoms with Crippen LogP contribution in [0.25, 0.3) is 0 Å². The highest BCUT2D eigenvalue weighted by Crippen LogP contribution is 2.16. The van der Waals surface area contributed by atoms with Crippen molar-refractivity contribution < 1.29 is 4.74 Å². The second-order valence-corrected chi connectivity index (χ2v) is 3.48. The van der Waals surface area contributed by atoms with Gasteiger partial charge in [0.15, 0.2) is 0 Å². The van der Waals surface area contributed by atoms with Gasteiger partial charge in [-0.1, -0.05) is 0 Å². The molecule has 0 N–H and O–H groups in total. The number of hydrogen-bond acceptors (Lipinski definition) is 3. The Labute approximate surface area is 89.7 Å². The summed E-state index contributed by atoms with van der Waals surface area (Å²) in [6.07, 6.45) is 1.70. The third-order valence-electron chi connectivity index (χ3n) is 2.20. The number of aromatic nitrogens is 1. The Morgan fingerprint density at radius 3 is 2.71 bits per heavy atom. The van der Waals surface area contributed by atoms with E-state index in [1.165, 1.54) is 0 Å². The lowest BCUT2D eigenvalue weighted by Crippen LogP contribution is -2.30. The zero-order valence-corrected chi connectivity index (χ0v) is 9.45. The maximum Gasteiger partial charge on any atom is 0.137 e. The molecular formula is C10H15ClN2O. The normalized spacial score (nSPS) is 12.3. The van der Waals surface area contributed by atoms with Gasteiger partial charge >= 0.3 is 0 Å². The van der Waals surface area contributed by atoms with Gasteiger partial charge in [0.25, 0.3) is 0 Å². The highest BCUT2D eigenvalue weighted by molar-refractivity contribution is 6.18. The molecule has 3 nitrogen and oxygen atoms in total. The summed E-state index contributed by atoms with van der Waals surface area (Å²) >= 11 is 5.76. The molecule has 0 saturated heterocycles. The van der Waals surface area contributed by atoms with Crippen molar-refractivity contribution in [2.24, 2.45) is 0 Å². The number of methoxy groups -OCH3 is 1. The van der Waals surface area contributed by atoms with Crippen molar-refractivity contribution in [3.63, 3.8) is 0 Å². The van der Waals surface area contributed by atoms with E-state index in [2.05, 4.69) is 11.9 Å². The third-order valence-corrected chi connectivity index (χ3v) is 2.65. The van der Waals surface area contributed by atoms with Crippen LogP contribution in [0.2, 0.25) is 0 Å². The van der Waals surface area contributed by atoms with Crippen LogP contribution in [-0.2, 0) is 0 Å². The van der Waals surface area contributed by atoms with Crippen LogP contribution in [0.4, 0.5) is 5.82 Å². The minimum atomic E-state index is 0.276. The minimum absolute atomic E-state index is 0.276. The quantitative estimate of drug-likeness (QED) is 0.719. The number of alkyl halides is 1. The van der Waals surface area contributed by atoms with Gasteiger partial charge < -0.3 is 9.64 Å². The monoisotopic (exact) mass is 214 g/mol. The third kappa shape index (κ3) is 2.51. The summed E-state index contributed by atoms with van der Waals surface area (Å²) in [7, 11) is 3.60. The molecule has 14 heavy (non-hydrogen) atoms. The van der Waals surface area contributed by atoms with Crippen LogP contribution in [0.1, 0.15) is 6.92 Å². The summed E-state index contributed by atoms with van der Waals surface area (Å²) in [6.45, 7) is 2.05. The molecule has 0 amide bonds. The molecule has 78 valence electrons. The zero-order chi connectivity index (χ0) is 10.6. The van der Waals surface area contributed by atoms with Gasteiger partial charge in [0.2, 0.25) is 0 Å². The largest absolute Gasteiger partial charge is 0.495 e. The predicted molar refractivity (Wildman–Crippen MR) is 59.4 cm³/mol. The lowest BCUT2D eigenvalue weighted by Gasteiger charge is -2.23. The first-order valence-corrected chi connectivity index (χ1v) is 5.01. The summed E-state index contributed by atoms with van der Waals surface area (Å²) in [5, 5.41) is 0. The van der Waals surface area contributed by atoms with E-state index < -0.39 is 0 Å². The van der Waals surface area contributed by atoms with Gasteiger partial charge in [-0.25, -0.2) is 4.98 Å². The predicted octanol–water partition coefficient (Wildman–Crippen LogP) is 2.15. The van der Waals surface area contributed by atoms with Gasteiger partial charge in [-0.3, -0.25) is 0 Å². The Hall–Kier alpha value is -0.960. The van der Waals surface area contributed by atoms with Crippen LogP contribution in [0.5, 0.6) is 5.75 Å². The molecule has 1 unspecified atom stereocenters. The molecular weight excluding hydrogens is 200 g/mol. The van der Waals surface area contributed by atoms with Gasteiger partial charge in [0, 0.05) is 19.0 Å². The number of ether oxygens (including phenoxy) is 1. The van der Waals surface area contributed by atoms with E-state index in [4.69, 9.17) is 16.3 Å². The van der Waals surface area contributed by atoms with Gasteiger partial charge in [-0.2, -0.15) is 0 Å². The topological polar surface area (TPSA) is 25.4 Å². The number of anilines is 1. The summed E-state index contributed by atoms with van der Waals surface area (Å²) in [6, 6.07) is 4.08. The molecule has 0 fully saturated rings. The van der Waals surface area contributed by atoms with E-state index in [9.17, 15) is 0 Å². The average Bonchev–Trinajstić information content (AvgIpc) is 2.27. The van der Waals surface area contributed by atoms with Crippen LogP contribution in [-0.4, -0.2) is 31.1 Å². The van der Waals surface area contributed by atoms with E-state index in [0.717, 1.165) is 11.6 Å². The molecule has 0 aliphatic heterocycles. The van der Waals surface area contributed by atoms with Crippen molar-refractivity contribution in [2.75, 3.05) is 24.9 Å². The first-order chi connectivity index (χ1) is 6.69. The maximum atomic E-state index is 5.76. The van der Waals surface area contributed by atoms with Crippen molar-refractivity contribution >= 4 is 17.4 Å². The molecule has 4 heteroatoms. The van der Waals surface area contributed by atoms with Crippen molar-refractivity contribution in [2.45, 2.75) is 13.0 Å². The Morgan fingerprint density at radius 2 is 2.29 bits per heavy atom. The fourth-order valence-corrected chi connectivity index (χ4v) is 1.24. The summed E-state index contributed by atoms with van der Waals surface area (Å²) in [4.78, 5) is 6.29. The molecule has 1 atom stereocenters. The smallest absolute Gasteiger partial charge is 0.137 e. The molecule has 0 spiro atoms. The zero-order valence-electron chi connectivity index (χ0n) is 8.70. The van der Waals surface area contributed by atoms with Crippen molar-refractivity contribution in [3.8, 4) is 5.75 Å². The lowest BCUT2D eigenvalue weighted by atomic mass is 10.3. The Kier molecular flexibility index (Phi) is 4.01. The second kappa shape index (κ2) is 5.05. The highest BCUT2D eigenvalue weighted by atomic mass is 35.5. The van der Waals surface area contributed by atoms with E-state index in [1.54, 1.807) is 13.3 Å². The van der Waals surface area contributed by atoms with Crippen molar-refractivity contribution in [3.05, 3.63) is 18.3 Å².